The van der Waals surface area contributed by atoms with Gasteiger partial charge in [0.2, 0.25) is 0 Å². The maximum atomic E-state index is 12.7. The fourth-order valence-electron chi connectivity index (χ4n) is 2.70. The van der Waals surface area contributed by atoms with Crippen LogP contribution in [-0.2, 0) is 32.3 Å². The van der Waals surface area contributed by atoms with Crippen LogP contribution >= 0.6 is 0 Å². The van der Waals surface area contributed by atoms with Crippen LogP contribution in [0.25, 0.3) is 0 Å². The highest BCUT2D eigenvalue weighted by molar-refractivity contribution is 6.00. The predicted octanol–water partition coefficient (Wildman–Crippen LogP) is 2.11. The summed E-state index contributed by atoms with van der Waals surface area (Å²) in [7, 11) is 0. The van der Waals surface area contributed by atoms with Gasteiger partial charge in [0.05, 0.1) is 17.6 Å². The summed E-state index contributed by atoms with van der Waals surface area (Å²) in [5.41, 5.74) is 1.15. The number of nitrogens with zero attached hydrogens (tertiary/aromatic N) is 2. The summed E-state index contributed by atoms with van der Waals surface area (Å²) < 4.78 is 10.5. The minimum Gasteiger partial charge on any atom is -0.458 e. The zero-order valence-electron chi connectivity index (χ0n) is 16.9. The Hall–Kier alpha value is -4.08. The molecule has 0 spiro atoms. The Morgan fingerprint density at radius 1 is 0.935 bits per heavy atom. The smallest absolute Gasteiger partial charge is 0.325 e. The predicted molar refractivity (Wildman–Crippen MR) is 106 cm³/mol. The topological polar surface area (TPSA) is 144 Å². The number of hydrogen-bond donors (Lipinski definition) is 2. The SMILES string of the molecule is CC(=O)c1nc(COC(=O)C(C(=O)OCc2cnc(C(C)=O)[nH]2)c2ccccc2)c[nH]1. The minimum atomic E-state index is -1.32. The Labute approximate surface area is 177 Å². The monoisotopic (exact) mass is 424 g/mol. The Balaban J connectivity index is 1.69. The number of benzene rings is 1. The highest BCUT2D eigenvalue weighted by atomic mass is 16.6. The number of rotatable bonds is 9. The van der Waals surface area contributed by atoms with Crippen LogP contribution in [0.15, 0.2) is 42.7 Å². The van der Waals surface area contributed by atoms with Gasteiger partial charge in [-0.05, 0) is 5.56 Å². The van der Waals surface area contributed by atoms with Gasteiger partial charge in [0.15, 0.2) is 29.1 Å². The maximum Gasteiger partial charge on any atom is 0.325 e. The van der Waals surface area contributed by atoms with Crippen molar-refractivity contribution in [3.8, 4) is 0 Å². The molecule has 3 rings (SSSR count). The second kappa shape index (κ2) is 9.61. The first-order chi connectivity index (χ1) is 14.8. The van der Waals surface area contributed by atoms with E-state index in [4.69, 9.17) is 9.47 Å². The van der Waals surface area contributed by atoms with E-state index in [0.717, 1.165) is 0 Å². The lowest BCUT2D eigenvalue weighted by molar-refractivity contribution is -0.159. The Morgan fingerprint density at radius 2 is 1.58 bits per heavy atom. The van der Waals surface area contributed by atoms with Crippen LogP contribution in [0.3, 0.4) is 0 Å². The molecule has 160 valence electrons. The molecule has 3 aromatic rings. The zero-order valence-corrected chi connectivity index (χ0v) is 16.9. The molecule has 0 radical (unpaired) electrons. The van der Waals surface area contributed by atoms with Crippen molar-refractivity contribution in [2.75, 3.05) is 0 Å². The number of nitrogens with one attached hydrogen (secondary N) is 2. The molecule has 2 N–H and O–H groups in total. The van der Waals surface area contributed by atoms with Gasteiger partial charge in [0.25, 0.3) is 0 Å². The zero-order chi connectivity index (χ0) is 22.4. The molecule has 0 bridgehead atoms. The minimum absolute atomic E-state index is 0.147. The first-order valence-electron chi connectivity index (χ1n) is 9.33. The fraction of sp³-hybridized carbons (Fsp3) is 0.238. The molecule has 0 aliphatic heterocycles. The van der Waals surface area contributed by atoms with E-state index in [0.29, 0.717) is 17.0 Å². The highest BCUT2D eigenvalue weighted by Gasteiger charge is 2.32. The second-order valence-electron chi connectivity index (χ2n) is 6.67. The number of ether oxygens (including phenoxy) is 2. The lowest BCUT2D eigenvalue weighted by atomic mass is 9.99. The maximum absolute atomic E-state index is 12.7. The van der Waals surface area contributed by atoms with Gasteiger partial charge < -0.3 is 19.4 Å². The van der Waals surface area contributed by atoms with Crippen LogP contribution in [0.4, 0.5) is 0 Å². The number of Topliss-reactive ketones (excluding diaryl/α,β-unsaturated/α-hetero) is 2. The third kappa shape index (κ3) is 5.50. The number of hydrogen-bond acceptors (Lipinski definition) is 8. The molecule has 0 aliphatic rings. The summed E-state index contributed by atoms with van der Waals surface area (Å²) >= 11 is 0. The van der Waals surface area contributed by atoms with Crippen LogP contribution in [0.5, 0.6) is 0 Å². The van der Waals surface area contributed by atoms with Crippen LogP contribution < -0.4 is 0 Å². The molecule has 10 heteroatoms. The van der Waals surface area contributed by atoms with E-state index in [1.54, 1.807) is 30.3 Å². The van der Waals surface area contributed by atoms with Crippen molar-refractivity contribution in [2.45, 2.75) is 33.0 Å². The Kier molecular flexibility index (Phi) is 6.71. The van der Waals surface area contributed by atoms with Gasteiger partial charge in [0.1, 0.15) is 13.2 Å². The molecule has 2 heterocycles. The summed E-state index contributed by atoms with van der Waals surface area (Å²) in [4.78, 5) is 61.4. The summed E-state index contributed by atoms with van der Waals surface area (Å²) in [6.45, 7) is 2.29. The average molecular weight is 424 g/mol. The van der Waals surface area contributed by atoms with Crippen molar-refractivity contribution in [1.29, 1.82) is 0 Å². The van der Waals surface area contributed by atoms with Crippen molar-refractivity contribution in [3.05, 3.63) is 71.3 Å². The molecule has 31 heavy (non-hydrogen) atoms. The quantitative estimate of drug-likeness (QED) is 0.302. The molecule has 0 fully saturated rings. The van der Waals surface area contributed by atoms with Crippen LogP contribution in [0, 0.1) is 0 Å². The van der Waals surface area contributed by atoms with Gasteiger partial charge in [-0.25, -0.2) is 9.97 Å². The third-order valence-electron chi connectivity index (χ3n) is 4.26. The van der Waals surface area contributed by atoms with E-state index in [1.165, 1.54) is 26.2 Å². The molecular formula is C21H20N4O6. The van der Waals surface area contributed by atoms with Gasteiger partial charge >= 0.3 is 11.9 Å². The largest absolute Gasteiger partial charge is 0.458 e. The van der Waals surface area contributed by atoms with Crippen LogP contribution in [-0.4, -0.2) is 43.4 Å². The Bertz CT molecular complexity index is 1030. The molecule has 1 aromatic carbocycles. The number of aromatic amines is 2. The third-order valence-corrected chi connectivity index (χ3v) is 4.26. The number of aromatic nitrogens is 4. The molecule has 0 saturated carbocycles. The van der Waals surface area contributed by atoms with E-state index >= 15 is 0 Å². The number of H-pyrrole nitrogens is 2. The van der Waals surface area contributed by atoms with Gasteiger partial charge in [-0.3, -0.25) is 19.2 Å². The number of carbonyl (C=O) groups is 4. The highest BCUT2D eigenvalue weighted by Crippen LogP contribution is 2.21. The van der Waals surface area contributed by atoms with Crippen molar-refractivity contribution in [1.82, 2.24) is 19.9 Å². The summed E-state index contributed by atoms with van der Waals surface area (Å²) in [6, 6.07) is 8.34. The van der Waals surface area contributed by atoms with E-state index in [-0.39, 0.29) is 36.4 Å². The molecule has 10 nitrogen and oxygen atoms in total. The molecule has 0 aliphatic carbocycles. The number of esters is 2. The first kappa shape index (κ1) is 21.6. The van der Waals surface area contributed by atoms with Gasteiger partial charge in [-0.2, -0.15) is 0 Å². The normalized spacial score (nSPS) is 10.7. The summed E-state index contributed by atoms with van der Waals surface area (Å²) in [5, 5.41) is 0. The standard InChI is InChI=1S/C21H20N4O6/c1-12(26)18-22-8-15(24-18)10-30-20(28)17(14-6-4-3-5-7-14)21(29)31-11-16-9-23-19(25-16)13(2)27/h3-9,17H,10-11H2,1-2H3,(H,22,24)(H,23,25). The van der Waals surface area contributed by atoms with Crippen molar-refractivity contribution < 1.29 is 28.7 Å². The number of ketones is 2. The molecule has 1 atom stereocenters. The van der Waals surface area contributed by atoms with Gasteiger partial charge in [0, 0.05) is 20.0 Å². The molecule has 0 saturated heterocycles. The number of carbonyl (C=O) groups excluding carboxylic acids is 4. The van der Waals surface area contributed by atoms with E-state index in [9.17, 15) is 19.2 Å². The molecule has 1 unspecified atom stereocenters. The van der Waals surface area contributed by atoms with Crippen molar-refractivity contribution >= 4 is 23.5 Å². The fourth-order valence-corrected chi connectivity index (χ4v) is 2.70. The van der Waals surface area contributed by atoms with Crippen molar-refractivity contribution in [2.24, 2.45) is 0 Å². The van der Waals surface area contributed by atoms with E-state index in [2.05, 4.69) is 19.9 Å². The van der Waals surface area contributed by atoms with Gasteiger partial charge in [-0.1, -0.05) is 30.3 Å². The molecular weight excluding hydrogens is 404 g/mol. The Morgan fingerprint density at radius 3 is 2.16 bits per heavy atom. The molecule has 2 aromatic heterocycles. The molecule has 0 amide bonds. The second-order valence-corrected chi connectivity index (χ2v) is 6.67. The first-order valence-corrected chi connectivity index (χ1v) is 9.33. The van der Waals surface area contributed by atoms with E-state index in [1.807, 2.05) is 0 Å². The summed E-state index contributed by atoms with van der Waals surface area (Å²) in [6.07, 6.45) is 2.83. The van der Waals surface area contributed by atoms with Crippen LogP contribution in [0.2, 0.25) is 0 Å². The van der Waals surface area contributed by atoms with Crippen molar-refractivity contribution in [3.63, 3.8) is 0 Å². The van der Waals surface area contributed by atoms with E-state index < -0.39 is 17.9 Å². The van der Waals surface area contributed by atoms with Crippen LogP contribution in [0.1, 0.15) is 58.0 Å². The lowest BCUT2D eigenvalue weighted by Crippen LogP contribution is -2.26. The summed E-state index contributed by atoms with van der Waals surface area (Å²) in [5.74, 6) is -3.17. The average Bonchev–Trinajstić information content (AvgIpc) is 3.41. The van der Waals surface area contributed by atoms with Gasteiger partial charge in [-0.15, -0.1) is 0 Å². The number of imidazole rings is 2. The lowest BCUT2D eigenvalue weighted by Gasteiger charge is -2.15.